The fourth-order valence-electron chi connectivity index (χ4n) is 0. The minimum atomic E-state index is -0.410. The highest BCUT2D eigenvalue weighted by molar-refractivity contribution is 9.10. The van der Waals surface area contributed by atoms with Crippen molar-refractivity contribution in [3.8, 4) is 0 Å². The molecule has 52 valence electrons. The predicted octanol–water partition coefficient (Wildman–Crippen LogP) is 4.29. The molecule has 0 heterocycles. The molecule has 8 heavy (non-hydrogen) atoms. The zero-order chi connectivity index (χ0) is 7.15. The average molecular weight is 328 g/mol. The molecule has 0 saturated heterocycles. The molecule has 0 rings (SSSR count). The summed E-state index contributed by atoms with van der Waals surface area (Å²) in [5.74, 6) is 0. The van der Waals surface area contributed by atoms with E-state index in [1.165, 1.54) is 0 Å². The molecule has 0 N–H and O–H groups in total. The molecule has 0 radical (unpaired) electrons. The second-order valence-corrected chi connectivity index (χ2v) is 6.63. The summed E-state index contributed by atoms with van der Waals surface area (Å²) in [5.41, 5.74) is 0. The van der Waals surface area contributed by atoms with Gasteiger partial charge in [0.2, 0.25) is 0 Å². The van der Waals surface area contributed by atoms with Crippen LogP contribution in [0.2, 0.25) is 0 Å². The molecule has 0 nitrogen and oxygen atoms in total. The van der Waals surface area contributed by atoms with E-state index in [4.69, 9.17) is 46.4 Å². The maximum absolute atomic E-state index is 4.96. The third-order valence-electron chi connectivity index (χ3n) is 0. The van der Waals surface area contributed by atoms with Gasteiger partial charge in [0.25, 0.3) is 0 Å². The first-order chi connectivity index (χ1) is 3.46. The Morgan fingerprint density at radius 1 is 0.750 bits per heavy atom. The van der Waals surface area contributed by atoms with E-state index in [-0.39, 0.29) is 0 Å². The second kappa shape index (κ2) is 9.12. The zero-order valence-corrected chi connectivity index (χ0v) is 9.62. The van der Waals surface area contributed by atoms with Crippen LogP contribution in [0, 0.1) is 0 Å². The Kier molecular flexibility index (Phi) is 14.6. The Labute approximate surface area is 85.1 Å². The van der Waals surface area contributed by atoms with Gasteiger partial charge in [0.1, 0.15) is 0 Å². The largest absolute Gasteiger partial charge is 0.162 e. The molecule has 0 fully saturated rings. The lowest BCUT2D eigenvalue weighted by Gasteiger charge is -1.69. The van der Waals surface area contributed by atoms with Crippen LogP contribution in [-0.4, -0.2) is 7.49 Å². The fraction of sp³-hybridized carbons (Fsp3) is 1.00. The first kappa shape index (κ1) is 12.8. The van der Waals surface area contributed by atoms with Crippen molar-refractivity contribution < 1.29 is 0 Å². The molecule has 0 amide bonds. The van der Waals surface area contributed by atoms with Gasteiger partial charge in [0.05, 0.1) is 0 Å². The lowest BCUT2D eigenvalue weighted by atomic mass is 11.9. The van der Waals surface area contributed by atoms with Crippen LogP contribution in [0.3, 0.4) is 0 Å². The topological polar surface area (TPSA) is 0 Å². The summed E-state index contributed by atoms with van der Waals surface area (Å²) in [7, 11) is 0. The first-order valence-electron chi connectivity index (χ1n) is 1.31. The van der Waals surface area contributed by atoms with Gasteiger partial charge < -0.3 is 0 Å². The Morgan fingerprint density at radius 3 is 0.750 bits per heavy atom. The molecular formula is C2H2Br2Cl4. The molecule has 0 aliphatic heterocycles. The lowest BCUT2D eigenvalue weighted by molar-refractivity contribution is 2.06. The summed E-state index contributed by atoms with van der Waals surface area (Å²) in [5, 5.41) is 0. The van der Waals surface area contributed by atoms with Gasteiger partial charge in [-0.3, -0.25) is 0 Å². The van der Waals surface area contributed by atoms with Crippen LogP contribution in [0.5, 0.6) is 0 Å². The van der Waals surface area contributed by atoms with E-state index in [0.717, 1.165) is 0 Å². The van der Waals surface area contributed by atoms with Crippen LogP contribution in [0.25, 0.3) is 0 Å². The van der Waals surface area contributed by atoms with Crippen molar-refractivity contribution in [3.05, 3.63) is 0 Å². The minimum Gasteiger partial charge on any atom is -0.0926 e. The van der Waals surface area contributed by atoms with Crippen LogP contribution >= 0.6 is 78.3 Å². The van der Waals surface area contributed by atoms with Crippen LogP contribution in [0.4, 0.5) is 0 Å². The van der Waals surface area contributed by atoms with Crippen LogP contribution in [-0.2, 0) is 0 Å². The van der Waals surface area contributed by atoms with Crippen molar-refractivity contribution in [1.29, 1.82) is 0 Å². The molecule has 0 aromatic carbocycles. The molecule has 0 aromatic heterocycles. The Balaban J connectivity index is 0. The Hall–Kier alpha value is 2.12. The van der Waals surface area contributed by atoms with Crippen molar-refractivity contribution >= 4 is 78.3 Å². The normalized spacial score (nSPS) is 9.00. The molecule has 0 aliphatic rings. The maximum atomic E-state index is 4.96. The zero-order valence-electron chi connectivity index (χ0n) is 3.42. The van der Waals surface area contributed by atoms with E-state index in [9.17, 15) is 0 Å². The molecule has 0 atom stereocenters. The number of rotatable bonds is 0. The third-order valence-corrected chi connectivity index (χ3v) is 0. The van der Waals surface area contributed by atoms with Crippen LogP contribution < -0.4 is 0 Å². The highest BCUT2D eigenvalue weighted by Crippen LogP contribution is 2.07. The fourth-order valence-corrected chi connectivity index (χ4v) is 0. The smallest absolute Gasteiger partial charge is 0.0926 e. The first-order valence-corrected chi connectivity index (χ1v) is 4.89. The van der Waals surface area contributed by atoms with Crippen molar-refractivity contribution in [2.24, 2.45) is 0 Å². The van der Waals surface area contributed by atoms with Gasteiger partial charge in [0.15, 0.2) is 7.49 Å². The SMILES string of the molecule is ClC(Cl)Br.ClC(Cl)Br. The van der Waals surface area contributed by atoms with Crippen molar-refractivity contribution in [1.82, 2.24) is 0 Å². The van der Waals surface area contributed by atoms with E-state index in [1.807, 2.05) is 0 Å². The van der Waals surface area contributed by atoms with E-state index < -0.39 is 7.49 Å². The Bertz CT molecular complexity index is 27.5. The third kappa shape index (κ3) is 91.6. The highest BCUT2D eigenvalue weighted by atomic mass is 79.9. The number of alkyl halides is 6. The number of hydrogen-bond donors (Lipinski definition) is 0. The summed E-state index contributed by atoms with van der Waals surface area (Å²) in [6.07, 6.45) is 0. The van der Waals surface area contributed by atoms with Gasteiger partial charge in [-0.2, -0.15) is 0 Å². The average Bonchev–Trinajstić information content (AvgIpc) is 1.25. The van der Waals surface area contributed by atoms with Crippen LogP contribution in [0.1, 0.15) is 0 Å². The van der Waals surface area contributed by atoms with Gasteiger partial charge in [-0.1, -0.05) is 78.3 Å². The van der Waals surface area contributed by atoms with Crippen LogP contribution in [0.15, 0.2) is 0 Å². The van der Waals surface area contributed by atoms with Gasteiger partial charge in [0, 0.05) is 0 Å². The van der Waals surface area contributed by atoms with E-state index in [0.29, 0.717) is 0 Å². The van der Waals surface area contributed by atoms with Crippen molar-refractivity contribution in [2.45, 2.75) is 7.49 Å². The summed E-state index contributed by atoms with van der Waals surface area (Å²) in [6, 6.07) is 0. The highest BCUT2D eigenvalue weighted by Gasteiger charge is 1.78. The van der Waals surface area contributed by atoms with E-state index in [2.05, 4.69) is 31.9 Å². The van der Waals surface area contributed by atoms with Crippen molar-refractivity contribution in [3.63, 3.8) is 0 Å². The minimum absolute atomic E-state index is 0.410. The molecule has 0 saturated carbocycles. The quantitative estimate of drug-likeness (QED) is 0.582. The molecule has 0 bridgehead atoms. The molecule has 0 unspecified atom stereocenters. The van der Waals surface area contributed by atoms with Gasteiger partial charge >= 0.3 is 0 Å². The molecule has 0 aromatic rings. The molecular weight excluding hydrogens is 326 g/mol. The van der Waals surface area contributed by atoms with E-state index in [1.54, 1.807) is 0 Å². The molecule has 0 aliphatic carbocycles. The lowest BCUT2D eigenvalue weighted by Crippen LogP contribution is -1.53. The summed E-state index contributed by atoms with van der Waals surface area (Å²) in [4.78, 5) is 0. The summed E-state index contributed by atoms with van der Waals surface area (Å²) >= 11 is 25.4. The Morgan fingerprint density at radius 2 is 0.750 bits per heavy atom. The van der Waals surface area contributed by atoms with Crippen molar-refractivity contribution in [2.75, 3.05) is 0 Å². The number of halogens is 6. The van der Waals surface area contributed by atoms with E-state index >= 15 is 0 Å². The predicted molar refractivity (Wildman–Crippen MR) is 48.8 cm³/mol. The standard InChI is InChI=1S/2CHBrCl2/c2*2-1(3)4/h2*1H. The van der Waals surface area contributed by atoms with Gasteiger partial charge in [-0.25, -0.2) is 0 Å². The number of hydrogen-bond acceptors (Lipinski definition) is 0. The van der Waals surface area contributed by atoms with Gasteiger partial charge in [-0.05, 0) is 0 Å². The van der Waals surface area contributed by atoms with Gasteiger partial charge in [-0.15, -0.1) is 0 Å². The maximum Gasteiger partial charge on any atom is 0.162 e. The second-order valence-electron chi connectivity index (χ2n) is 0.495. The molecule has 6 heteroatoms. The monoisotopic (exact) mass is 324 g/mol. The summed E-state index contributed by atoms with van der Waals surface area (Å²) < 4.78 is -0.819. The summed E-state index contributed by atoms with van der Waals surface area (Å²) in [6.45, 7) is 0. The molecule has 0 spiro atoms.